The van der Waals surface area contributed by atoms with Gasteiger partial charge in [0.15, 0.2) is 0 Å². The maximum absolute atomic E-state index is 12.8. The van der Waals surface area contributed by atoms with Gasteiger partial charge >= 0.3 is 12.1 Å². The predicted octanol–water partition coefficient (Wildman–Crippen LogP) is 5.12. The standard InChI is InChI=1S/C24H29NO4/c1-24(2,3)29-23(27)25-15-14-20(16-21(25)19-12-8-5-9-13-19)22(26)28-17-18-10-6-4-7-11-18/h4-13,20-21H,14-17H2,1-3H3. The lowest BCUT2D eigenvalue weighted by Crippen LogP contribution is -2.45. The number of piperidine rings is 1. The zero-order valence-electron chi connectivity index (χ0n) is 17.3. The molecule has 1 saturated heterocycles. The molecule has 0 saturated carbocycles. The number of carbonyl (C=O) groups excluding carboxylic acids is 2. The van der Waals surface area contributed by atoms with E-state index in [0.29, 0.717) is 19.4 Å². The van der Waals surface area contributed by atoms with Gasteiger partial charge in [-0.25, -0.2) is 4.79 Å². The Labute approximate surface area is 172 Å². The minimum atomic E-state index is -0.566. The zero-order valence-corrected chi connectivity index (χ0v) is 17.3. The molecule has 0 aromatic heterocycles. The number of hydrogen-bond acceptors (Lipinski definition) is 4. The van der Waals surface area contributed by atoms with E-state index in [1.165, 1.54) is 0 Å². The molecule has 29 heavy (non-hydrogen) atoms. The number of amides is 1. The maximum atomic E-state index is 12.8. The zero-order chi connectivity index (χ0) is 20.9. The van der Waals surface area contributed by atoms with Crippen molar-refractivity contribution in [2.45, 2.75) is 51.9 Å². The second kappa shape index (κ2) is 9.12. The van der Waals surface area contributed by atoms with Crippen molar-refractivity contribution in [1.29, 1.82) is 0 Å². The van der Waals surface area contributed by atoms with Crippen molar-refractivity contribution in [3.8, 4) is 0 Å². The molecule has 3 rings (SSSR count). The number of esters is 1. The quantitative estimate of drug-likeness (QED) is 0.675. The number of hydrogen-bond donors (Lipinski definition) is 0. The molecule has 5 nitrogen and oxygen atoms in total. The van der Waals surface area contributed by atoms with Gasteiger partial charge in [-0.3, -0.25) is 4.79 Å². The van der Waals surface area contributed by atoms with Crippen LogP contribution in [0.5, 0.6) is 0 Å². The molecule has 5 heteroatoms. The first-order valence-electron chi connectivity index (χ1n) is 10.1. The van der Waals surface area contributed by atoms with Gasteiger partial charge < -0.3 is 14.4 Å². The second-order valence-electron chi connectivity index (χ2n) is 8.41. The molecule has 1 aliphatic rings. The molecular weight excluding hydrogens is 366 g/mol. The van der Waals surface area contributed by atoms with Gasteiger partial charge in [0.05, 0.1) is 12.0 Å². The molecule has 2 atom stereocenters. The van der Waals surface area contributed by atoms with Crippen molar-refractivity contribution in [3.05, 3.63) is 71.8 Å². The molecule has 0 N–H and O–H groups in total. The Morgan fingerprint density at radius 2 is 1.62 bits per heavy atom. The van der Waals surface area contributed by atoms with Crippen LogP contribution in [0, 0.1) is 5.92 Å². The van der Waals surface area contributed by atoms with E-state index in [1.807, 2.05) is 81.4 Å². The highest BCUT2D eigenvalue weighted by Gasteiger charge is 2.38. The molecule has 2 aromatic rings. The van der Waals surface area contributed by atoms with Crippen molar-refractivity contribution in [2.75, 3.05) is 6.54 Å². The Bertz CT molecular complexity index is 814. The van der Waals surface area contributed by atoms with Gasteiger partial charge in [-0.2, -0.15) is 0 Å². The topological polar surface area (TPSA) is 55.8 Å². The minimum Gasteiger partial charge on any atom is -0.461 e. The number of benzene rings is 2. The molecule has 0 aliphatic carbocycles. The molecule has 0 bridgehead atoms. The summed E-state index contributed by atoms with van der Waals surface area (Å²) >= 11 is 0. The first-order chi connectivity index (χ1) is 13.8. The highest BCUT2D eigenvalue weighted by molar-refractivity contribution is 5.74. The molecule has 1 aliphatic heterocycles. The van der Waals surface area contributed by atoms with E-state index in [2.05, 4.69) is 0 Å². The third kappa shape index (κ3) is 5.83. The van der Waals surface area contributed by atoms with Crippen LogP contribution in [-0.2, 0) is 20.9 Å². The summed E-state index contributed by atoms with van der Waals surface area (Å²) in [5, 5.41) is 0. The third-order valence-electron chi connectivity index (χ3n) is 4.97. The summed E-state index contributed by atoms with van der Waals surface area (Å²) in [5.74, 6) is -0.457. The van der Waals surface area contributed by atoms with Gasteiger partial charge in [0.1, 0.15) is 12.2 Å². The van der Waals surface area contributed by atoms with E-state index in [4.69, 9.17) is 9.47 Å². The average molecular weight is 395 g/mol. The van der Waals surface area contributed by atoms with E-state index in [-0.39, 0.29) is 30.6 Å². The average Bonchev–Trinajstić information content (AvgIpc) is 2.71. The van der Waals surface area contributed by atoms with Crippen LogP contribution in [0.3, 0.4) is 0 Å². The number of carbonyl (C=O) groups is 2. The summed E-state index contributed by atoms with van der Waals surface area (Å²) < 4.78 is 11.2. The highest BCUT2D eigenvalue weighted by Crippen LogP contribution is 2.36. The van der Waals surface area contributed by atoms with Crippen LogP contribution in [-0.4, -0.2) is 29.1 Å². The number of ether oxygens (including phenoxy) is 2. The van der Waals surface area contributed by atoms with Crippen LogP contribution in [0.25, 0.3) is 0 Å². The number of rotatable bonds is 4. The monoisotopic (exact) mass is 395 g/mol. The lowest BCUT2D eigenvalue weighted by Gasteiger charge is -2.39. The van der Waals surface area contributed by atoms with Crippen LogP contribution in [0.1, 0.15) is 50.8 Å². The molecule has 2 unspecified atom stereocenters. The van der Waals surface area contributed by atoms with Gasteiger partial charge in [-0.15, -0.1) is 0 Å². The lowest BCUT2D eigenvalue weighted by molar-refractivity contribution is -0.152. The Morgan fingerprint density at radius 1 is 1.00 bits per heavy atom. The van der Waals surface area contributed by atoms with Crippen LogP contribution in [0.15, 0.2) is 60.7 Å². The maximum Gasteiger partial charge on any atom is 0.410 e. The van der Waals surface area contributed by atoms with Crippen molar-refractivity contribution >= 4 is 12.1 Å². The third-order valence-corrected chi connectivity index (χ3v) is 4.97. The van der Waals surface area contributed by atoms with Crippen LogP contribution >= 0.6 is 0 Å². The van der Waals surface area contributed by atoms with E-state index in [0.717, 1.165) is 11.1 Å². The molecule has 1 heterocycles. The van der Waals surface area contributed by atoms with Gasteiger partial charge in [0, 0.05) is 6.54 Å². The first-order valence-corrected chi connectivity index (χ1v) is 10.1. The normalized spacial score (nSPS) is 19.5. The van der Waals surface area contributed by atoms with Crippen molar-refractivity contribution in [2.24, 2.45) is 5.92 Å². The fraction of sp³-hybridized carbons (Fsp3) is 0.417. The summed E-state index contributed by atoms with van der Waals surface area (Å²) in [7, 11) is 0. The molecule has 1 fully saturated rings. The van der Waals surface area contributed by atoms with E-state index >= 15 is 0 Å². The number of likely N-dealkylation sites (tertiary alicyclic amines) is 1. The van der Waals surface area contributed by atoms with Crippen molar-refractivity contribution < 1.29 is 19.1 Å². The molecule has 1 amide bonds. The minimum absolute atomic E-state index is 0.210. The Morgan fingerprint density at radius 3 is 2.24 bits per heavy atom. The van der Waals surface area contributed by atoms with Crippen molar-refractivity contribution in [3.63, 3.8) is 0 Å². The summed E-state index contributed by atoms with van der Waals surface area (Å²) in [6.45, 7) is 6.30. The summed E-state index contributed by atoms with van der Waals surface area (Å²) in [6.07, 6.45) is 0.745. The Kier molecular flexibility index (Phi) is 6.57. The lowest BCUT2D eigenvalue weighted by atomic mass is 9.87. The fourth-order valence-corrected chi connectivity index (χ4v) is 3.56. The van der Waals surface area contributed by atoms with Gasteiger partial charge in [0.25, 0.3) is 0 Å². The largest absolute Gasteiger partial charge is 0.461 e. The molecule has 2 aromatic carbocycles. The predicted molar refractivity (Wildman–Crippen MR) is 111 cm³/mol. The van der Waals surface area contributed by atoms with Crippen molar-refractivity contribution in [1.82, 2.24) is 4.90 Å². The fourth-order valence-electron chi connectivity index (χ4n) is 3.56. The van der Waals surface area contributed by atoms with E-state index < -0.39 is 5.60 Å². The van der Waals surface area contributed by atoms with Gasteiger partial charge in [0.2, 0.25) is 0 Å². The van der Waals surface area contributed by atoms with Crippen LogP contribution < -0.4 is 0 Å². The van der Waals surface area contributed by atoms with Crippen LogP contribution in [0.4, 0.5) is 4.79 Å². The molecule has 0 spiro atoms. The van der Waals surface area contributed by atoms with E-state index in [9.17, 15) is 9.59 Å². The molecular formula is C24H29NO4. The molecule has 154 valence electrons. The summed E-state index contributed by atoms with van der Waals surface area (Å²) in [6, 6.07) is 19.2. The van der Waals surface area contributed by atoms with Gasteiger partial charge in [-0.05, 0) is 44.7 Å². The Hall–Kier alpha value is -2.82. The SMILES string of the molecule is CC(C)(C)OC(=O)N1CCC(C(=O)OCc2ccccc2)CC1c1ccccc1. The van der Waals surface area contributed by atoms with E-state index in [1.54, 1.807) is 4.90 Å². The smallest absolute Gasteiger partial charge is 0.410 e. The molecule has 0 radical (unpaired) electrons. The highest BCUT2D eigenvalue weighted by atomic mass is 16.6. The number of nitrogens with zero attached hydrogens (tertiary/aromatic N) is 1. The Balaban J connectivity index is 1.70. The summed E-state index contributed by atoms with van der Waals surface area (Å²) in [4.78, 5) is 27.2. The first kappa shape index (κ1) is 20.9. The second-order valence-corrected chi connectivity index (χ2v) is 8.41. The summed E-state index contributed by atoms with van der Waals surface area (Å²) in [5.41, 5.74) is 1.40. The van der Waals surface area contributed by atoms with Gasteiger partial charge in [-0.1, -0.05) is 60.7 Å². The van der Waals surface area contributed by atoms with Crippen LogP contribution in [0.2, 0.25) is 0 Å².